The van der Waals surface area contributed by atoms with E-state index in [1.807, 2.05) is 4.98 Å². The minimum atomic E-state index is -0.671. The first-order chi connectivity index (χ1) is 8.47. The summed E-state index contributed by atoms with van der Waals surface area (Å²) in [5, 5.41) is -0.134. The Labute approximate surface area is 106 Å². The van der Waals surface area contributed by atoms with E-state index in [-0.39, 0.29) is 17.1 Å². The van der Waals surface area contributed by atoms with E-state index < -0.39 is 17.1 Å². The number of benzene rings is 1. The Balaban J connectivity index is 2.43. The molecule has 0 atom stereocenters. The van der Waals surface area contributed by atoms with E-state index in [4.69, 9.17) is 17.3 Å². The van der Waals surface area contributed by atoms with Crippen LogP contribution in [0, 0.1) is 5.82 Å². The van der Waals surface area contributed by atoms with E-state index in [1.165, 1.54) is 18.3 Å². The van der Waals surface area contributed by atoms with Gasteiger partial charge in [0.05, 0.1) is 6.54 Å². The van der Waals surface area contributed by atoms with Gasteiger partial charge in [0, 0.05) is 17.4 Å². The average Bonchev–Trinajstić information content (AvgIpc) is 2.29. The molecule has 0 unspecified atom stereocenters. The van der Waals surface area contributed by atoms with Gasteiger partial charge in [-0.05, 0) is 12.1 Å². The van der Waals surface area contributed by atoms with Crippen molar-refractivity contribution in [2.75, 3.05) is 5.73 Å². The second-order valence-electron chi connectivity index (χ2n) is 3.72. The fraction of sp³-hybridized carbons (Fsp3) is 0.0909. The molecule has 0 bridgehead atoms. The van der Waals surface area contributed by atoms with Crippen LogP contribution in [-0.2, 0) is 6.54 Å². The number of halogens is 2. The van der Waals surface area contributed by atoms with Crippen LogP contribution in [0.5, 0.6) is 0 Å². The van der Waals surface area contributed by atoms with Gasteiger partial charge in [-0.25, -0.2) is 9.18 Å². The lowest BCUT2D eigenvalue weighted by molar-refractivity contribution is 0.593. The summed E-state index contributed by atoms with van der Waals surface area (Å²) in [7, 11) is 0. The van der Waals surface area contributed by atoms with Crippen molar-refractivity contribution in [3.05, 3.63) is 61.6 Å². The molecule has 2 aromatic rings. The van der Waals surface area contributed by atoms with Crippen LogP contribution in [-0.4, -0.2) is 9.55 Å². The predicted molar refractivity (Wildman–Crippen MR) is 66.2 cm³/mol. The summed E-state index contributed by atoms with van der Waals surface area (Å²) >= 11 is 5.60. The van der Waals surface area contributed by atoms with E-state index in [2.05, 4.69) is 0 Å². The number of hydrogen-bond donors (Lipinski definition) is 2. The number of hydrogen-bond acceptors (Lipinski definition) is 3. The van der Waals surface area contributed by atoms with Crippen LogP contribution in [0.25, 0.3) is 0 Å². The third kappa shape index (κ3) is 2.43. The minimum absolute atomic E-state index is 0.0402. The van der Waals surface area contributed by atoms with Crippen LogP contribution in [0.4, 0.5) is 10.1 Å². The Morgan fingerprint density at radius 3 is 2.78 bits per heavy atom. The van der Waals surface area contributed by atoms with Crippen molar-refractivity contribution in [1.29, 1.82) is 0 Å². The van der Waals surface area contributed by atoms with Crippen molar-refractivity contribution in [3.63, 3.8) is 0 Å². The monoisotopic (exact) mass is 269 g/mol. The number of H-pyrrole nitrogens is 1. The van der Waals surface area contributed by atoms with Gasteiger partial charge in [-0.2, -0.15) is 0 Å². The molecule has 1 heterocycles. The molecule has 3 N–H and O–H groups in total. The molecule has 18 heavy (non-hydrogen) atoms. The fourth-order valence-electron chi connectivity index (χ4n) is 1.48. The highest BCUT2D eigenvalue weighted by Gasteiger charge is 2.07. The normalized spacial score (nSPS) is 10.6. The molecule has 5 nitrogen and oxygen atoms in total. The Bertz CT molecular complexity index is 708. The number of anilines is 1. The molecule has 0 saturated heterocycles. The van der Waals surface area contributed by atoms with E-state index in [1.54, 1.807) is 0 Å². The van der Waals surface area contributed by atoms with Crippen LogP contribution >= 0.6 is 11.6 Å². The van der Waals surface area contributed by atoms with Gasteiger partial charge in [-0.15, -0.1) is 0 Å². The summed E-state index contributed by atoms with van der Waals surface area (Å²) in [6.45, 7) is -0.0402. The Morgan fingerprint density at radius 2 is 2.11 bits per heavy atom. The van der Waals surface area contributed by atoms with Crippen molar-refractivity contribution in [2.45, 2.75) is 6.54 Å². The molecule has 0 fully saturated rings. The van der Waals surface area contributed by atoms with Gasteiger partial charge in [0.1, 0.15) is 10.8 Å². The minimum Gasteiger partial charge on any atom is -0.399 e. The van der Waals surface area contributed by atoms with E-state index >= 15 is 0 Å². The molecule has 0 aliphatic carbocycles. The number of aromatic nitrogens is 2. The molecule has 1 aromatic heterocycles. The van der Waals surface area contributed by atoms with Gasteiger partial charge >= 0.3 is 5.69 Å². The molecule has 0 aliphatic rings. The highest BCUT2D eigenvalue weighted by molar-refractivity contribution is 6.30. The number of nitrogens with zero attached hydrogens (tertiary/aromatic N) is 1. The lowest BCUT2D eigenvalue weighted by Crippen LogP contribution is -2.30. The van der Waals surface area contributed by atoms with Crippen LogP contribution in [0.1, 0.15) is 5.56 Å². The molecular weight excluding hydrogens is 261 g/mol. The van der Waals surface area contributed by atoms with Crippen molar-refractivity contribution >= 4 is 17.3 Å². The highest BCUT2D eigenvalue weighted by atomic mass is 35.5. The molecule has 0 spiro atoms. The first-order valence-corrected chi connectivity index (χ1v) is 5.38. The average molecular weight is 270 g/mol. The number of aromatic amines is 1. The quantitative estimate of drug-likeness (QED) is 0.797. The van der Waals surface area contributed by atoms with Crippen molar-refractivity contribution in [2.24, 2.45) is 0 Å². The SMILES string of the molecule is Nc1ccc(Cn2cc(Cl)c(=O)[nH]c2=O)c(F)c1. The Hall–Kier alpha value is -2.08. The summed E-state index contributed by atoms with van der Waals surface area (Å²) in [5.74, 6) is -0.524. The maximum absolute atomic E-state index is 13.5. The second-order valence-corrected chi connectivity index (χ2v) is 4.12. The van der Waals surface area contributed by atoms with Crippen molar-refractivity contribution in [1.82, 2.24) is 9.55 Å². The maximum atomic E-state index is 13.5. The highest BCUT2D eigenvalue weighted by Crippen LogP contribution is 2.12. The summed E-state index contributed by atoms with van der Waals surface area (Å²) in [6, 6.07) is 4.15. The van der Waals surface area contributed by atoms with Gasteiger partial charge in [-0.3, -0.25) is 14.3 Å². The van der Waals surface area contributed by atoms with Crippen LogP contribution in [0.2, 0.25) is 5.02 Å². The zero-order chi connectivity index (χ0) is 13.3. The van der Waals surface area contributed by atoms with Crippen molar-refractivity contribution < 1.29 is 4.39 Å². The smallest absolute Gasteiger partial charge is 0.328 e. The molecule has 0 amide bonds. The number of nitrogens with one attached hydrogen (secondary N) is 1. The fourth-order valence-corrected chi connectivity index (χ4v) is 1.64. The Morgan fingerprint density at radius 1 is 1.39 bits per heavy atom. The van der Waals surface area contributed by atoms with Crippen LogP contribution < -0.4 is 17.0 Å². The zero-order valence-electron chi connectivity index (χ0n) is 9.11. The third-order valence-corrected chi connectivity index (χ3v) is 2.65. The van der Waals surface area contributed by atoms with Gasteiger partial charge in [0.2, 0.25) is 0 Å². The standard InChI is InChI=1S/C11H9ClFN3O2/c12-8-5-16(11(18)15-10(8)17)4-6-1-2-7(14)3-9(6)13/h1-3,5H,4,14H2,(H,15,17,18). The molecule has 0 saturated carbocycles. The molecule has 2 rings (SSSR count). The molecular formula is C11H9ClFN3O2. The van der Waals surface area contributed by atoms with Crippen molar-refractivity contribution in [3.8, 4) is 0 Å². The van der Waals surface area contributed by atoms with Gasteiger partial charge in [-0.1, -0.05) is 17.7 Å². The van der Waals surface area contributed by atoms with E-state index in [0.717, 1.165) is 10.6 Å². The third-order valence-electron chi connectivity index (χ3n) is 2.39. The summed E-state index contributed by atoms with van der Waals surface area (Å²) in [4.78, 5) is 24.6. The van der Waals surface area contributed by atoms with E-state index in [0.29, 0.717) is 5.69 Å². The van der Waals surface area contributed by atoms with Gasteiger partial charge in [0.25, 0.3) is 5.56 Å². The molecule has 94 valence electrons. The first kappa shape index (κ1) is 12.4. The predicted octanol–water partition coefficient (Wildman–Crippen LogP) is 0.960. The summed E-state index contributed by atoms with van der Waals surface area (Å²) in [5.41, 5.74) is 4.66. The zero-order valence-corrected chi connectivity index (χ0v) is 9.87. The lowest BCUT2D eigenvalue weighted by Gasteiger charge is -2.07. The molecule has 0 aliphatic heterocycles. The maximum Gasteiger partial charge on any atom is 0.328 e. The summed E-state index contributed by atoms with van der Waals surface area (Å²) < 4.78 is 14.7. The lowest BCUT2D eigenvalue weighted by atomic mass is 10.2. The van der Waals surface area contributed by atoms with E-state index in [9.17, 15) is 14.0 Å². The molecule has 1 aromatic carbocycles. The molecule has 7 heteroatoms. The largest absolute Gasteiger partial charge is 0.399 e. The Kier molecular flexibility index (Phi) is 3.20. The van der Waals surface area contributed by atoms with Gasteiger partial charge < -0.3 is 5.73 Å². The number of nitrogen functional groups attached to an aromatic ring is 1. The topological polar surface area (TPSA) is 80.9 Å². The summed E-state index contributed by atoms with van der Waals surface area (Å²) in [6.07, 6.45) is 1.17. The van der Waals surface area contributed by atoms with Crippen LogP contribution in [0.15, 0.2) is 34.0 Å². The number of nitrogens with two attached hydrogens (primary N) is 1. The molecule has 0 radical (unpaired) electrons. The van der Waals surface area contributed by atoms with Crippen LogP contribution in [0.3, 0.4) is 0 Å². The number of rotatable bonds is 2. The first-order valence-electron chi connectivity index (χ1n) is 5.00. The van der Waals surface area contributed by atoms with Gasteiger partial charge in [0.15, 0.2) is 0 Å². The second kappa shape index (κ2) is 4.66.